The van der Waals surface area contributed by atoms with Gasteiger partial charge in [-0.05, 0) is 57.3 Å². The molecule has 30 heavy (non-hydrogen) atoms. The number of piperidine rings is 1. The van der Waals surface area contributed by atoms with Crippen LogP contribution < -0.4 is 10.6 Å². The zero-order valence-electron chi connectivity index (χ0n) is 18.7. The van der Waals surface area contributed by atoms with E-state index < -0.39 is 0 Å². The maximum atomic E-state index is 12.5. The lowest BCUT2D eigenvalue weighted by atomic mass is 9.98. The molecule has 0 unspecified atom stereocenters. The van der Waals surface area contributed by atoms with Crippen LogP contribution in [0, 0.1) is 0 Å². The minimum Gasteiger partial charge on any atom is -0.356 e. The molecule has 0 radical (unpaired) electrons. The summed E-state index contributed by atoms with van der Waals surface area (Å²) < 4.78 is 0. The molecule has 0 spiro atoms. The van der Waals surface area contributed by atoms with Crippen LogP contribution in [-0.4, -0.2) is 60.4 Å². The van der Waals surface area contributed by atoms with Gasteiger partial charge < -0.3 is 15.5 Å². The Morgan fingerprint density at radius 3 is 2.30 bits per heavy atom. The lowest BCUT2D eigenvalue weighted by Crippen LogP contribution is -2.54. The largest absolute Gasteiger partial charge is 0.356 e. The third kappa shape index (κ3) is 6.83. The zero-order valence-corrected chi connectivity index (χ0v) is 21.1. The summed E-state index contributed by atoms with van der Waals surface area (Å²) in [6.07, 6.45) is 5.32. The molecule has 1 amide bonds. The molecule has 6 nitrogen and oxygen atoms in total. The van der Waals surface area contributed by atoms with E-state index in [4.69, 9.17) is 0 Å². The maximum absolute atomic E-state index is 12.5. The van der Waals surface area contributed by atoms with Crippen LogP contribution in [0.3, 0.4) is 0 Å². The van der Waals surface area contributed by atoms with E-state index in [9.17, 15) is 4.79 Å². The molecule has 1 aromatic rings. The summed E-state index contributed by atoms with van der Waals surface area (Å²) in [5, 5.41) is 6.82. The molecule has 2 heterocycles. The van der Waals surface area contributed by atoms with Gasteiger partial charge in [-0.1, -0.05) is 30.7 Å². The molecule has 0 atom stereocenters. The van der Waals surface area contributed by atoms with E-state index in [1.54, 1.807) is 7.05 Å². The lowest BCUT2D eigenvalue weighted by molar-refractivity contribution is -0.131. The second-order valence-electron chi connectivity index (χ2n) is 8.83. The van der Waals surface area contributed by atoms with Crippen LogP contribution in [0.1, 0.15) is 57.1 Å². The van der Waals surface area contributed by atoms with Crippen molar-refractivity contribution in [2.45, 2.75) is 64.6 Å². The summed E-state index contributed by atoms with van der Waals surface area (Å²) >= 11 is 0. The predicted octanol–water partition coefficient (Wildman–Crippen LogP) is 3.36. The molecule has 0 bridgehead atoms. The fraction of sp³-hybridized carbons (Fsp3) is 0.652. The number of amides is 1. The van der Waals surface area contributed by atoms with Gasteiger partial charge in [0.15, 0.2) is 5.96 Å². The van der Waals surface area contributed by atoms with Crippen LogP contribution in [0.4, 0.5) is 0 Å². The number of benzene rings is 1. The monoisotopic (exact) mass is 527 g/mol. The number of aliphatic imine (C=N–C) groups is 1. The van der Waals surface area contributed by atoms with Crippen molar-refractivity contribution < 1.29 is 4.79 Å². The molecule has 3 rings (SSSR count). The molecule has 0 saturated carbocycles. The Balaban J connectivity index is 0.00000320. The standard InChI is InChI=1S/C23H37N5O.HI/c1-23(2,28-14-7-4-8-15-28)18-26-22(24-3)25-13-9-12-21(29)27-16-19-10-5-6-11-20(19)17-27;/h5-6,10-11H,4,7-9,12-18H2,1-3H3,(H2,24,25,26);1H. The van der Waals surface area contributed by atoms with Crippen molar-refractivity contribution in [1.82, 2.24) is 20.4 Å². The van der Waals surface area contributed by atoms with E-state index in [0.29, 0.717) is 6.42 Å². The molecular formula is C23H38IN5O. The number of hydrogen-bond acceptors (Lipinski definition) is 3. The van der Waals surface area contributed by atoms with Crippen LogP contribution in [0.25, 0.3) is 0 Å². The van der Waals surface area contributed by atoms with Crippen LogP contribution in [0.5, 0.6) is 0 Å². The van der Waals surface area contributed by atoms with Gasteiger partial charge in [0, 0.05) is 45.2 Å². The van der Waals surface area contributed by atoms with Crippen molar-refractivity contribution in [2.75, 3.05) is 33.2 Å². The highest BCUT2D eigenvalue weighted by molar-refractivity contribution is 14.0. The first-order valence-electron chi connectivity index (χ1n) is 11.0. The maximum Gasteiger partial charge on any atom is 0.223 e. The SMILES string of the molecule is CN=C(NCCCC(=O)N1Cc2ccccc2C1)NCC(C)(C)N1CCCCC1.I. The second-order valence-corrected chi connectivity index (χ2v) is 8.83. The van der Waals surface area contributed by atoms with Gasteiger partial charge in [-0.3, -0.25) is 14.7 Å². The number of carbonyl (C=O) groups is 1. The Kier molecular flexibility index (Phi) is 9.87. The summed E-state index contributed by atoms with van der Waals surface area (Å²) in [5.41, 5.74) is 2.67. The van der Waals surface area contributed by atoms with Gasteiger partial charge in [0.05, 0.1) is 0 Å². The average molecular weight is 527 g/mol. The van der Waals surface area contributed by atoms with Gasteiger partial charge in [-0.2, -0.15) is 0 Å². The van der Waals surface area contributed by atoms with E-state index in [0.717, 1.165) is 38.6 Å². The molecule has 0 aliphatic carbocycles. The van der Waals surface area contributed by atoms with Gasteiger partial charge in [0.1, 0.15) is 0 Å². The Hall–Kier alpha value is -1.35. The van der Waals surface area contributed by atoms with Gasteiger partial charge >= 0.3 is 0 Å². The van der Waals surface area contributed by atoms with E-state index in [2.05, 4.69) is 46.5 Å². The fourth-order valence-corrected chi connectivity index (χ4v) is 4.25. The van der Waals surface area contributed by atoms with E-state index in [1.807, 2.05) is 17.0 Å². The van der Waals surface area contributed by atoms with Crippen molar-refractivity contribution in [3.8, 4) is 0 Å². The fourth-order valence-electron chi connectivity index (χ4n) is 4.25. The molecule has 1 aromatic carbocycles. The van der Waals surface area contributed by atoms with Crippen molar-refractivity contribution in [3.63, 3.8) is 0 Å². The summed E-state index contributed by atoms with van der Waals surface area (Å²) in [7, 11) is 1.80. The second kappa shape index (κ2) is 11.9. The molecule has 2 N–H and O–H groups in total. The van der Waals surface area contributed by atoms with E-state index >= 15 is 0 Å². The summed E-state index contributed by atoms with van der Waals surface area (Å²) in [6.45, 7) is 10.1. The van der Waals surface area contributed by atoms with Gasteiger partial charge in [-0.25, -0.2) is 0 Å². The molecular weight excluding hydrogens is 489 g/mol. The molecule has 2 aliphatic rings. The lowest BCUT2D eigenvalue weighted by Gasteiger charge is -2.41. The minimum atomic E-state index is 0. The predicted molar refractivity (Wildman–Crippen MR) is 134 cm³/mol. The highest BCUT2D eigenvalue weighted by Crippen LogP contribution is 2.23. The van der Waals surface area contributed by atoms with Crippen molar-refractivity contribution in [3.05, 3.63) is 35.4 Å². The first kappa shape index (κ1) is 24.9. The molecule has 1 saturated heterocycles. The van der Waals surface area contributed by atoms with Crippen LogP contribution in [-0.2, 0) is 17.9 Å². The number of guanidine groups is 1. The molecule has 2 aliphatic heterocycles. The smallest absolute Gasteiger partial charge is 0.223 e. The van der Waals surface area contributed by atoms with Crippen LogP contribution in [0.2, 0.25) is 0 Å². The quantitative estimate of drug-likeness (QED) is 0.247. The summed E-state index contributed by atoms with van der Waals surface area (Å²) in [5.74, 6) is 1.05. The first-order chi connectivity index (χ1) is 14.0. The first-order valence-corrected chi connectivity index (χ1v) is 11.0. The van der Waals surface area contributed by atoms with Crippen molar-refractivity contribution >= 4 is 35.8 Å². The topological polar surface area (TPSA) is 60.0 Å². The molecule has 0 aromatic heterocycles. The summed E-state index contributed by atoms with van der Waals surface area (Å²) in [6, 6.07) is 8.32. The highest BCUT2D eigenvalue weighted by Gasteiger charge is 2.28. The Morgan fingerprint density at radius 1 is 1.07 bits per heavy atom. The number of nitrogens with one attached hydrogen (secondary N) is 2. The normalized spacial score (nSPS) is 17.3. The number of rotatable bonds is 7. The third-order valence-electron chi connectivity index (χ3n) is 6.18. The average Bonchev–Trinajstić information content (AvgIpc) is 3.18. The number of nitrogens with zero attached hydrogens (tertiary/aromatic N) is 3. The Morgan fingerprint density at radius 2 is 1.70 bits per heavy atom. The molecule has 7 heteroatoms. The minimum absolute atomic E-state index is 0. The molecule has 168 valence electrons. The van der Waals surface area contributed by atoms with Crippen molar-refractivity contribution in [1.29, 1.82) is 0 Å². The Labute approximate surface area is 198 Å². The summed E-state index contributed by atoms with van der Waals surface area (Å²) in [4.78, 5) is 21.4. The highest BCUT2D eigenvalue weighted by atomic mass is 127. The number of halogens is 1. The number of carbonyl (C=O) groups excluding carboxylic acids is 1. The number of likely N-dealkylation sites (tertiary alicyclic amines) is 1. The third-order valence-corrected chi connectivity index (χ3v) is 6.18. The molecule has 1 fully saturated rings. The van der Waals surface area contributed by atoms with Gasteiger partial charge in [-0.15, -0.1) is 24.0 Å². The van der Waals surface area contributed by atoms with E-state index in [-0.39, 0.29) is 35.4 Å². The number of hydrogen-bond donors (Lipinski definition) is 2. The van der Waals surface area contributed by atoms with Crippen LogP contribution >= 0.6 is 24.0 Å². The van der Waals surface area contributed by atoms with Crippen LogP contribution in [0.15, 0.2) is 29.3 Å². The van der Waals surface area contributed by atoms with Gasteiger partial charge in [0.2, 0.25) is 5.91 Å². The van der Waals surface area contributed by atoms with Gasteiger partial charge in [0.25, 0.3) is 0 Å². The van der Waals surface area contributed by atoms with E-state index in [1.165, 1.54) is 43.5 Å². The zero-order chi connectivity index (χ0) is 20.7. The Bertz CT molecular complexity index is 690. The van der Waals surface area contributed by atoms with Crippen molar-refractivity contribution in [2.24, 2.45) is 4.99 Å². The number of fused-ring (bicyclic) bond motifs is 1.